The number of carbonyl (C=O) groups excluding carboxylic acids is 1. The molecular weight excluding hydrogens is 324 g/mol. The average molecular weight is 337 g/mol. The summed E-state index contributed by atoms with van der Waals surface area (Å²) in [7, 11) is 0. The van der Waals surface area contributed by atoms with Gasteiger partial charge in [-0.2, -0.15) is 0 Å². The lowest BCUT2D eigenvalue weighted by molar-refractivity contribution is -0.115. The van der Waals surface area contributed by atoms with Crippen molar-refractivity contribution < 1.29 is 4.79 Å². The van der Waals surface area contributed by atoms with E-state index in [0.717, 1.165) is 27.4 Å². The van der Waals surface area contributed by atoms with Crippen LogP contribution >= 0.6 is 11.6 Å². The maximum atomic E-state index is 12.4. The minimum absolute atomic E-state index is 0.129. The van der Waals surface area contributed by atoms with E-state index in [1.165, 1.54) is 0 Å². The predicted octanol–water partition coefficient (Wildman–Crippen LogP) is 3.95. The molecule has 0 radical (unpaired) electrons. The first-order chi connectivity index (χ1) is 11.7. The fourth-order valence-corrected chi connectivity index (χ4v) is 2.99. The van der Waals surface area contributed by atoms with Gasteiger partial charge in [-0.3, -0.25) is 14.8 Å². The number of amides is 1. The normalized spacial score (nSPS) is 11.0. The highest BCUT2D eigenvalue weighted by Gasteiger charge is 2.12. The number of carbonyl (C=O) groups is 1. The maximum Gasteiger partial charge on any atom is 0.228 e. The smallest absolute Gasteiger partial charge is 0.228 e. The molecule has 0 saturated carbocycles. The summed E-state index contributed by atoms with van der Waals surface area (Å²) in [5, 5.41) is 5.20. The lowest BCUT2D eigenvalue weighted by Crippen LogP contribution is -2.14. The van der Waals surface area contributed by atoms with Gasteiger partial charge in [0, 0.05) is 34.9 Å². The molecule has 5 nitrogen and oxygen atoms in total. The number of nitrogens with zero attached hydrogens (tertiary/aromatic N) is 2. The molecule has 1 amide bonds. The average Bonchev–Trinajstić information content (AvgIpc) is 2.99. The first kappa shape index (κ1) is 14.7. The molecule has 4 aromatic rings. The zero-order chi connectivity index (χ0) is 16.5. The lowest BCUT2D eigenvalue weighted by atomic mass is 10.1. The third-order valence-corrected chi connectivity index (χ3v) is 4.22. The third-order valence-electron chi connectivity index (χ3n) is 3.89. The Labute approximate surface area is 142 Å². The Morgan fingerprint density at radius 3 is 3.00 bits per heavy atom. The standard InChI is InChI=1S/C18H13ClN4O/c19-14-4-1-3-12-13(14)9-20-10-16(12)23-17(24)7-11-8-22-15-5-2-6-21-18(11)15/h1-6,8-10,22H,7H2,(H,23,24). The van der Waals surface area contributed by atoms with Gasteiger partial charge in [-0.05, 0) is 18.2 Å². The molecule has 118 valence electrons. The Kier molecular flexibility index (Phi) is 3.63. The fraction of sp³-hybridized carbons (Fsp3) is 0.0556. The summed E-state index contributed by atoms with van der Waals surface area (Å²) < 4.78 is 0. The van der Waals surface area contributed by atoms with Crippen LogP contribution in [0.3, 0.4) is 0 Å². The van der Waals surface area contributed by atoms with E-state index in [1.807, 2.05) is 30.5 Å². The predicted molar refractivity (Wildman–Crippen MR) is 95.2 cm³/mol. The van der Waals surface area contributed by atoms with E-state index in [4.69, 9.17) is 11.6 Å². The van der Waals surface area contributed by atoms with Gasteiger partial charge in [0.05, 0.1) is 34.4 Å². The Balaban J connectivity index is 1.62. The van der Waals surface area contributed by atoms with Crippen LogP contribution in [0.5, 0.6) is 0 Å². The Morgan fingerprint density at radius 2 is 2.08 bits per heavy atom. The summed E-state index contributed by atoms with van der Waals surface area (Å²) in [6.07, 6.45) is 7.08. The number of hydrogen-bond acceptors (Lipinski definition) is 3. The van der Waals surface area contributed by atoms with E-state index >= 15 is 0 Å². The minimum atomic E-state index is -0.129. The summed E-state index contributed by atoms with van der Waals surface area (Å²) in [6.45, 7) is 0. The van der Waals surface area contributed by atoms with Crippen LogP contribution in [0.1, 0.15) is 5.56 Å². The highest BCUT2D eigenvalue weighted by atomic mass is 35.5. The van der Waals surface area contributed by atoms with Crippen LogP contribution in [0, 0.1) is 0 Å². The Hall–Kier alpha value is -2.92. The van der Waals surface area contributed by atoms with Gasteiger partial charge >= 0.3 is 0 Å². The van der Waals surface area contributed by atoms with Crippen molar-refractivity contribution in [1.29, 1.82) is 0 Å². The molecule has 0 bridgehead atoms. The summed E-state index contributed by atoms with van der Waals surface area (Å²) in [4.78, 5) is 24.0. The molecule has 0 spiro atoms. The zero-order valence-electron chi connectivity index (χ0n) is 12.6. The van der Waals surface area contributed by atoms with E-state index in [1.54, 1.807) is 24.7 Å². The molecule has 0 saturated heterocycles. The molecule has 0 unspecified atom stereocenters. The van der Waals surface area contributed by atoms with Crippen molar-refractivity contribution in [2.75, 3.05) is 5.32 Å². The van der Waals surface area contributed by atoms with E-state index in [9.17, 15) is 4.79 Å². The maximum absolute atomic E-state index is 12.4. The quantitative estimate of drug-likeness (QED) is 0.595. The molecule has 3 heterocycles. The first-order valence-electron chi connectivity index (χ1n) is 7.45. The second-order valence-corrected chi connectivity index (χ2v) is 5.87. The van der Waals surface area contributed by atoms with E-state index < -0.39 is 0 Å². The summed E-state index contributed by atoms with van der Waals surface area (Å²) >= 11 is 6.18. The fourth-order valence-electron chi connectivity index (χ4n) is 2.77. The molecule has 0 aliphatic rings. The van der Waals surface area contributed by atoms with Crippen molar-refractivity contribution in [1.82, 2.24) is 15.0 Å². The summed E-state index contributed by atoms with van der Waals surface area (Å²) in [5.41, 5.74) is 3.23. The van der Waals surface area contributed by atoms with Gasteiger partial charge < -0.3 is 10.3 Å². The molecule has 3 aromatic heterocycles. The second kappa shape index (κ2) is 5.94. The highest BCUT2D eigenvalue weighted by Crippen LogP contribution is 2.28. The van der Waals surface area contributed by atoms with Crippen LogP contribution in [0.25, 0.3) is 21.8 Å². The molecule has 4 rings (SSSR count). The number of pyridine rings is 2. The third kappa shape index (κ3) is 2.59. The molecule has 0 aliphatic carbocycles. The van der Waals surface area contributed by atoms with Gasteiger partial charge in [0.2, 0.25) is 5.91 Å². The Bertz CT molecular complexity index is 1060. The molecule has 2 N–H and O–H groups in total. The SMILES string of the molecule is O=C(Cc1c[nH]c2cccnc12)Nc1cncc2c(Cl)cccc12. The summed E-state index contributed by atoms with van der Waals surface area (Å²) in [5.74, 6) is -0.129. The van der Waals surface area contributed by atoms with Gasteiger partial charge in [0.25, 0.3) is 0 Å². The monoisotopic (exact) mass is 336 g/mol. The van der Waals surface area contributed by atoms with Crippen LogP contribution in [0.15, 0.2) is 55.1 Å². The minimum Gasteiger partial charge on any atom is -0.360 e. The number of H-pyrrole nitrogens is 1. The topological polar surface area (TPSA) is 70.7 Å². The van der Waals surface area contributed by atoms with Crippen molar-refractivity contribution >= 4 is 45.0 Å². The largest absolute Gasteiger partial charge is 0.360 e. The lowest BCUT2D eigenvalue weighted by Gasteiger charge is -2.08. The number of aromatic nitrogens is 3. The molecule has 0 aliphatic heterocycles. The van der Waals surface area contributed by atoms with E-state index in [0.29, 0.717) is 10.7 Å². The number of fused-ring (bicyclic) bond motifs is 2. The number of rotatable bonds is 3. The van der Waals surface area contributed by atoms with Crippen LogP contribution in [-0.2, 0) is 11.2 Å². The van der Waals surface area contributed by atoms with Crippen molar-refractivity contribution in [3.63, 3.8) is 0 Å². The molecule has 1 aromatic carbocycles. The van der Waals surface area contributed by atoms with Gasteiger partial charge in [-0.25, -0.2) is 0 Å². The molecule has 0 fully saturated rings. The van der Waals surface area contributed by atoms with Crippen molar-refractivity contribution in [3.05, 3.63) is 65.7 Å². The van der Waals surface area contributed by atoms with E-state index in [2.05, 4.69) is 20.3 Å². The molecular formula is C18H13ClN4O. The molecule has 6 heteroatoms. The van der Waals surface area contributed by atoms with Crippen LogP contribution in [-0.4, -0.2) is 20.9 Å². The number of aromatic amines is 1. The van der Waals surface area contributed by atoms with Gasteiger partial charge in [-0.15, -0.1) is 0 Å². The van der Waals surface area contributed by atoms with E-state index in [-0.39, 0.29) is 12.3 Å². The van der Waals surface area contributed by atoms with Crippen LogP contribution in [0.2, 0.25) is 5.02 Å². The van der Waals surface area contributed by atoms with Gasteiger partial charge in [0.15, 0.2) is 0 Å². The number of benzene rings is 1. The summed E-state index contributed by atoms with van der Waals surface area (Å²) in [6, 6.07) is 9.35. The first-order valence-corrected chi connectivity index (χ1v) is 7.83. The van der Waals surface area contributed by atoms with Crippen molar-refractivity contribution in [3.8, 4) is 0 Å². The number of nitrogens with one attached hydrogen (secondary N) is 2. The number of hydrogen-bond donors (Lipinski definition) is 2. The van der Waals surface area contributed by atoms with Crippen LogP contribution in [0.4, 0.5) is 5.69 Å². The molecule has 0 atom stereocenters. The number of halogens is 1. The van der Waals surface area contributed by atoms with Gasteiger partial charge in [-0.1, -0.05) is 23.7 Å². The number of anilines is 1. The highest BCUT2D eigenvalue weighted by molar-refractivity contribution is 6.35. The van der Waals surface area contributed by atoms with Gasteiger partial charge in [0.1, 0.15) is 0 Å². The van der Waals surface area contributed by atoms with Crippen molar-refractivity contribution in [2.24, 2.45) is 0 Å². The van der Waals surface area contributed by atoms with Crippen molar-refractivity contribution in [2.45, 2.75) is 6.42 Å². The van der Waals surface area contributed by atoms with Crippen LogP contribution < -0.4 is 5.32 Å². The molecule has 24 heavy (non-hydrogen) atoms. The second-order valence-electron chi connectivity index (χ2n) is 5.46. The Morgan fingerprint density at radius 1 is 1.17 bits per heavy atom. The zero-order valence-corrected chi connectivity index (χ0v) is 13.3.